The maximum atomic E-state index is 13.1. The molecule has 0 unspecified atom stereocenters. The van der Waals surface area contributed by atoms with Crippen LogP contribution in [0.1, 0.15) is 53.1 Å². The first-order valence-corrected chi connectivity index (χ1v) is 12.3. The van der Waals surface area contributed by atoms with Crippen LogP contribution < -0.4 is 0 Å². The minimum Gasteiger partial charge on any atom is -0.138 e. The van der Waals surface area contributed by atoms with Gasteiger partial charge in [-0.05, 0) is 88.4 Å². The predicted molar refractivity (Wildman–Crippen MR) is 144 cm³/mol. The highest BCUT2D eigenvalue weighted by atomic mass is 35.5. The van der Waals surface area contributed by atoms with Crippen LogP contribution in [0.3, 0.4) is 0 Å². The van der Waals surface area contributed by atoms with E-state index in [1.54, 1.807) is 0 Å². The minimum absolute atomic E-state index is 0.393. The Morgan fingerprint density at radius 2 is 1.68 bits per heavy atom. The van der Waals surface area contributed by atoms with Crippen LogP contribution in [0.4, 0.5) is 4.48 Å². The molecule has 0 atom stereocenters. The molecule has 1 nitrogen and oxygen atoms in total. The summed E-state index contributed by atoms with van der Waals surface area (Å²) in [6.07, 6.45) is 5.03. The second kappa shape index (κ2) is 9.54. The maximum absolute atomic E-state index is 13.1. The molecule has 0 bridgehead atoms. The molecule has 5 rings (SSSR count). The molecule has 1 fully saturated rings. The van der Waals surface area contributed by atoms with Crippen molar-refractivity contribution in [3.8, 4) is 0 Å². The lowest BCUT2D eigenvalue weighted by molar-refractivity contribution is 0.00597. The van der Waals surface area contributed by atoms with Crippen molar-refractivity contribution in [2.24, 2.45) is 0 Å². The number of hydrogen-bond acceptors (Lipinski definition) is 1. The molecule has 172 valence electrons. The standard InChI is InChI=1S/C30H26Cl2FN/c1-19(2)23-10-12-26-24(15-23)4-3-5-28(27-13-11-25(31)16-29(27)32)30(26)22-8-6-20(7-9-22)14-21-17-34(33)18-21/h6-16H,1,3-5,17-18H2,2H3. The predicted octanol–water partition coefficient (Wildman–Crippen LogP) is 8.91. The summed E-state index contributed by atoms with van der Waals surface area (Å²) in [6, 6.07) is 21.0. The van der Waals surface area contributed by atoms with Gasteiger partial charge in [0.05, 0.1) is 13.1 Å². The number of allylic oxidation sites excluding steroid dienone is 2. The lowest BCUT2D eigenvalue weighted by Crippen LogP contribution is -2.32. The molecule has 1 heterocycles. The van der Waals surface area contributed by atoms with E-state index in [-0.39, 0.29) is 0 Å². The van der Waals surface area contributed by atoms with Crippen LogP contribution in [0.2, 0.25) is 10.0 Å². The Bertz CT molecular complexity index is 1330. The highest BCUT2D eigenvalue weighted by Gasteiger charge is 2.22. The fraction of sp³-hybridized carbons (Fsp3) is 0.200. The van der Waals surface area contributed by atoms with Gasteiger partial charge in [0.25, 0.3) is 0 Å². The summed E-state index contributed by atoms with van der Waals surface area (Å²) in [5.41, 5.74) is 11.6. The molecule has 0 saturated carbocycles. The van der Waals surface area contributed by atoms with Crippen molar-refractivity contribution in [2.45, 2.75) is 26.2 Å². The number of benzene rings is 3. The van der Waals surface area contributed by atoms with E-state index in [0.29, 0.717) is 23.1 Å². The summed E-state index contributed by atoms with van der Waals surface area (Å²) in [4.78, 5) is 0. The highest BCUT2D eigenvalue weighted by molar-refractivity contribution is 6.36. The van der Waals surface area contributed by atoms with Crippen LogP contribution in [-0.4, -0.2) is 18.2 Å². The van der Waals surface area contributed by atoms with Crippen molar-refractivity contribution in [2.75, 3.05) is 13.1 Å². The number of rotatable bonds is 4. The van der Waals surface area contributed by atoms with Gasteiger partial charge in [-0.15, -0.1) is 9.60 Å². The number of halogens is 3. The fourth-order valence-corrected chi connectivity index (χ4v) is 5.38. The average Bonchev–Trinajstić information content (AvgIpc) is 2.97. The third-order valence-electron chi connectivity index (χ3n) is 6.62. The van der Waals surface area contributed by atoms with Gasteiger partial charge in [0.15, 0.2) is 0 Å². The van der Waals surface area contributed by atoms with Crippen LogP contribution in [0.15, 0.2) is 72.8 Å². The van der Waals surface area contributed by atoms with Crippen LogP contribution in [0, 0.1) is 0 Å². The van der Waals surface area contributed by atoms with Gasteiger partial charge in [0.2, 0.25) is 0 Å². The monoisotopic (exact) mass is 489 g/mol. The van der Waals surface area contributed by atoms with E-state index < -0.39 is 0 Å². The second-order valence-electron chi connectivity index (χ2n) is 9.19. The first-order valence-electron chi connectivity index (χ1n) is 11.6. The van der Waals surface area contributed by atoms with Gasteiger partial charge >= 0.3 is 0 Å². The number of fused-ring (bicyclic) bond motifs is 1. The largest absolute Gasteiger partial charge is 0.138 e. The van der Waals surface area contributed by atoms with Gasteiger partial charge in [-0.2, -0.15) is 0 Å². The normalized spacial score (nSPS) is 16.1. The maximum Gasteiger partial charge on any atom is 0.0521 e. The Kier molecular flexibility index (Phi) is 6.48. The summed E-state index contributed by atoms with van der Waals surface area (Å²) in [6.45, 7) is 6.97. The first-order chi connectivity index (χ1) is 16.4. The molecule has 1 saturated heterocycles. The lowest BCUT2D eigenvalue weighted by atomic mass is 9.86. The van der Waals surface area contributed by atoms with Crippen molar-refractivity contribution in [3.05, 3.63) is 116 Å². The van der Waals surface area contributed by atoms with E-state index >= 15 is 0 Å². The smallest absolute Gasteiger partial charge is 0.0521 e. The summed E-state index contributed by atoms with van der Waals surface area (Å²) < 4.78 is 13.1. The topological polar surface area (TPSA) is 3.24 Å². The zero-order valence-electron chi connectivity index (χ0n) is 19.2. The molecule has 0 spiro atoms. The molecule has 1 aliphatic heterocycles. The lowest BCUT2D eigenvalue weighted by Gasteiger charge is -2.24. The molecule has 4 heteroatoms. The third kappa shape index (κ3) is 4.63. The third-order valence-corrected chi connectivity index (χ3v) is 7.17. The number of nitrogens with zero attached hydrogens (tertiary/aromatic N) is 1. The van der Waals surface area contributed by atoms with Crippen LogP contribution in [0.5, 0.6) is 0 Å². The Labute approximate surface area is 210 Å². The molecular formula is C30H26Cl2FN. The molecule has 0 amide bonds. The molecule has 0 aromatic heterocycles. The van der Waals surface area contributed by atoms with Crippen molar-refractivity contribution in [1.82, 2.24) is 5.12 Å². The first kappa shape index (κ1) is 23.1. The van der Waals surface area contributed by atoms with Crippen LogP contribution >= 0.6 is 23.2 Å². The summed E-state index contributed by atoms with van der Waals surface area (Å²) in [5.74, 6) is 0. The van der Waals surface area contributed by atoms with E-state index in [4.69, 9.17) is 23.2 Å². The highest BCUT2D eigenvalue weighted by Crippen LogP contribution is 2.42. The second-order valence-corrected chi connectivity index (χ2v) is 10.0. The van der Waals surface area contributed by atoms with Gasteiger partial charge in [-0.1, -0.05) is 90.0 Å². The van der Waals surface area contributed by atoms with Crippen molar-refractivity contribution >= 4 is 46.0 Å². The Morgan fingerprint density at radius 1 is 0.941 bits per heavy atom. The minimum atomic E-state index is 0.393. The molecule has 3 aromatic carbocycles. The van der Waals surface area contributed by atoms with Crippen molar-refractivity contribution < 1.29 is 4.48 Å². The van der Waals surface area contributed by atoms with Crippen molar-refractivity contribution in [1.29, 1.82) is 0 Å². The Morgan fingerprint density at radius 3 is 2.35 bits per heavy atom. The van der Waals surface area contributed by atoms with Gasteiger partial charge in [0.1, 0.15) is 0 Å². The van der Waals surface area contributed by atoms with Gasteiger partial charge in [0, 0.05) is 10.0 Å². The van der Waals surface area contributed by atoms with Gasteiger partial charge in [-0.25, -0.2) is 0 Å². The van der Waals surface area contributed by atoms with Gasteiger partial charge < -0.3 is 0 Å². The molecule has 3 aromatic rings. The summed E-state index contributed by atoms with van der Waals surface area (Å²) >= 11 is 12.9. The molecule has 34 heavy (non-hydrogen) atoms. The van der Waals surface area contributed by atoms with Crippen LogP contribution in [0.25, 0.3) is 22.8 Å². The van der Waals surface area contributed by atoms with Gasteiger partial charge in [-0.3, -0.25) is 0 Å². The molecule has 2 aliphatic rings. The van der Waals surface area contributed by atoms with E-state index in [9.17, 15) is 4.48 Å². The van der Waals surface area contributed by atoms with E-state index in [1.807, 2.05) is 25.1 Å². The quantitative estimate of drug-likeness (QED) is 0.330. The fourth-order valence-electron chi connectivity index (χ4n) is 4.85. The summed E-state index contributed by atoms with van der Waals surface area (Å²) in [7, 11) is 0. The van der Waals surface area contributed by atoms with E-state index in [1.165, 1.54) is 27.8 Å². The summed E-state index contributed by atoms with van der Waals surface area (Å²) in [5, 5.41) is 2.12. The Balaban J connectivity index is 1.67. The van der Waals surface area contributed by atoms with Crippen LogP contribution in [-0.2, 0) is 6.42 Å². The molecule has 0 radical (unpaired) electrons. The van der Waals surface area contributed by atoms with E-state index in [2.05, 4.69) is 55.1 Å². The number of hydrogen-bond donors (Lipinski definition) is 0. The SMILES string of the molecule is C=C(C)c1ccc2c(c1)CCCC(c1ccc(Cl)cc1Cl)=C2c1ccc(C=C2CN(F)C2)cc1. The number of aryl methyl sites for hydroxylation is 1. The average molecular weight is 490 g/mol. The molecule has 1 aliphatic carbocycles. The molecule has 0 N–H and O–H groups in total. The van der Waals surface area contributed by atoms with Crippen molar-refractivity contribution in [3.63, 3.8) is 0 Å². The zero-order chi connectivity index (χ0) is 23.8. The molecular weight excluding hydrogens is 464 g/mol. The zero-order valence-corrected chi connectivity index (χ0v) is 20.7. The Hall–Kier alpha value is -2.65. The van der Waals surface area contributed by atoms with E-state index in [0.717, 1.165) is 52.2 Å².